The Hall–Kier alpha value is -1.72. The van der Waals surface area contributed by atoms with Gasteiger partial charge in [-0.25, -0.2) is 0 Å². The Morgan fingerprint density at radius 1 is 1.15 bits per heavy atom. The summed E-state index contributed by atoms with van der Waals surface area (Å²) < 4.78 is 0.939. The molecule has 0 unspecified atom stereocenters. The number of hydrogen-bond donors (Lipinski definition) is 3. The highest BCUT2D eigenvalue weighted by atomic mass is 79.9. The van der Waals surface area contributed by atoms with E-state index in [0.717, 1.165) is 25.5 Å². The van der Waals surface area contributed by atoms with E-state index in [-0.39, 0.29) is 5.84 Å². The van der Waals surface area contributed by atoms with Gasteiger partial charge in [0.25, 0.3) is 0 Å². The van der Waals surface area contributed by atoms with E-state index in [0.29, 0.717) is 0 Å². The Kier molecular flexibility index (Phi) is 3.54. The van der Waals surface area contributed by atoms with E-state index >= 15 is 0 Å². The van der Waals surface area contributed by atoms with Crippen LogP contribution in [0.5, 0.6) is 0 Å². The molecular weight excluding hydrogens is 334 g/mol. The predicted octanol–water partition coefficient (Wildman–Crippen LogP) is 4.37. The lowest BCUT2D eigenvalue weighted by atomic mass is 10.2. The zero-order chi connectivity index (χ0) is 14.1. The second-order valence-corrected chi connectivity index (χ2v) is 6.32. The third-order valence-electron chi connectivity index (χ3n) is 2.97. The molecule has 0 radical (unpaired) electrons. The summed E-state index contributed by atoms with van der Waals surface area (Å²) in [4.78, 5) is 4.47. The molecule has 1 aromatic heterocycles. The molecule has 0 saturated carbocycles. The molecule has 0 aliphatic rings. The Morgan fingerprint density at radius 2 is 1.95 bits per heavy atom. The molecule has 20 heavy (non-hydrogen) atoms. The van der Waals surface area contributed by atoms with Crippen molar-refractivity contribution in [2.24, 2.45) is 5.73 Å². The fourth-order valence-corrected chi connectivity index (χ4v) is 3.47. The monoisotopic (exact) mass is 345 g/mol. The molecule has 3 rings (SSSR count). The number of rotatable bonds is 3. The number of nitrogens with one attached hydrogen (secondary N) is 2. The van der Waals surface area contributed by atoms with Crippen LogP contribution in [0.2, 0.25) is 0 Å². The Morgan fingerprint density at radius 3 is 2.65 bits per heavy atom. The number of aromatic nitrogens is 1. The van der Waals surface area contributed by atoms with Gasteiger partial charge in [-0.2, -0.15) is 0 Å². The molecule has 3 nitrogen and oxygen atoms in total. The summed E-state index contributed by atoms with van der Waals surface area (Å²) in [6.45, 7) is 0. The van der Waals surface area contributed by atoms with Gasteiger partial charge in [-0.1, -0.05) is 36.0 Å². The number of halogens is 1. The van der Waals surface area contributed by atoms with Crippen LogP contribution in [0.3, 0.4) is 0 Å². The largest absolute Gasteiger partial charge is 0.384 e. The summed E-state index contributed by atoms with van der Waals surface area (Å²) in [6.07, 6.45) is 0. The van der Waals surface area contributed by atoms with Crippen LogP contribution < -0.4 is 5.73 Å². The number of aromatic amines is 1. The molecule has 0 bridgehead atoms. The van der Waals surface area contributed by atoms with Crippen LogP contribution in [0.1, 0.15) is 5.56 Å². The first-order valence-electron chi connectivity index (χ1n) is 6.03. The molecule has 0 atom stereocenters. The van der Waals surface area contributed by atoms with Gasteiger partial charge in [0.15, 0.2) is 0 Å². The molecule has 1 heterocycles. The average molecular weight is 346 g/mol. The van der Waals surface area contributed by atoms with Gasteiger partial charge in [0, 0.05) is 25.8 Å². The van der Waals surface area contributed by atoms with E-state index in [1.165, 1.54) is 5.39 Å². The Balaban J connectivity index is 1.92. The van der Waals surface area contributed by atoms with Crippen LogP contribution >= 0.6 is 27.7 Å². The molecule has 3 aromatic rings. The summed E-state index contributed by atoms with van der Waals surface area (Å²) in [5.41, 5.74) is 7.34. The molecule has 0 amide bonds. The first-order chi connectivity index (χ1) is 9.63. The number of benzene rings is 2. The predicted molar refractivity (Wildman–Crippen MR) is 87.6 cm³/mol. The molecule has 0 fully saturated rings. The van der Waals surface area contributed by atoms with Crippen molar-refractivity contribution in [3.63, 3.8) is 0 Å². The zero-order valence-electron chi connectivity index (χ0n) is 10.5. The highest BCUT2D eigenvalue weighted by Gasteiger charge is 2.07. The first kappa shape index (κ1) is 13.3. The number of fused-ring (bicyclic) bond motifs is 1. The minimum absolute atomic E-state index is 0.0767. The molecule has 0 aliphatic heterocycles. The second kappa shape index (κ2) is 5.34. The van der Waals surface area contributed by atoms with Crippen LogP contribution in [-0.2, 0) is 0 Å². The number of amidine groups is 1. The van der Waals surface area contributed by atoms with E-state index in [9.17, 15) is 0 Å². The van der Waals surface area contributed by atoms with Crippen molar-refractivity contribution < 1.29 is 0 Å². The smallest absolute Gasteiger partial charge is 0.122 e. The van der Waals surface area contributed by atoms with Crippen molar-refractivity contribution in [2.75, 3.05) is 0 Å². The number of H-pyrrole nitrogens is 1. The highest BCUT2D eigenvalue weighted by molar-refractivity contribution is 9.10. The summed E-state index contributed by atoms with van der Waals surface area (Å²) in [6, 6.07) is 16.0. The molecule has 4 N–H and O–H groups in total. The lowest BCUT2D eigenvalue weighted by Gasteiger charge is -2.05. The van der Waals surface area contributed by atoms with Crippen LogP contribution in [0.15, 0.2) is 62.9 Å². The van der Waals surface area contributed by atoms with Crippen molar-refractivity contribution in [3.8, 4) is 0 Å². The molecule has 0 spiro atoms. The van der Waals surface area contributed by atoms with Gasteiger partial charge >= 0.3 is 0 Å². The molecular formula is C15H12BrN3S. The maximum absolute atomic E-state index is 7.44. The second-order valence-electron chi connectivity index (χ2n) is 4.38. The molecule has 0 saturated heterocycles. The quantitative estimate of drug-likeness (QED) is 0.487. The minimum Gasteiger partial charge on any atom is -0.384 e. The number of hydrogen-bond acceptors (Lipinski definition) is 2. The van der Waals surface area contributed by atoms with Crippen LogP contribution in [0, 0.1) is 5.41 Å². The van der Waals surface area contributed by atoms with E-state index in [2.05, 4.69) is 39.1 Å². The number of para-hydroxylation sites is 1. The number of nitrogen functional groups attached to an aromatic ring is 1. The van der Waals surface area contributed by atoms with E-state index in [1.807, 2.05) is 30.3 Å². The molecule has 0 aliphatic carbocycles. The van der Waals surface area contributed by atoms with Crippen LogP contribution in [0.4, 0.5) is 0 Å². The van der Waals surface area contributed by atoms with Gasteiger partial charge in [0.05, 0.1) is 5.03 Å². The van der Waals surface area contributed by atoms with Gasteiger partial charge in [0.2, 0.25) is 0 Å². The highest BCUT2D eigenvalue weighted by Crippen LogP contribution is 2.34. The van der Waals surface area contributed by atoms with Crippen molar-refractivity contribution in [1.29, 1.82) is 5.41 Å². The molecule has 2 aromatic carbocycles. The first-order valence-corrected chi connectivity index (χ1v) is 7.64. The molecule has 5 heteroatoms. The summed E-state index contributed by atoms with van der Waals surface area (Å²) in [5, 5.41) is 9.73. The summed E-state index contributed by atoms with van der Waals surface area (Å²) in [5.74, 6) is 0.0767. The fraction of sp³-hybridized carbons (Fsp3) is 0. The van der Waals surface area contributed by atoms with Crippen molar-refractivity contribution in [2.45, 2.75) is 9.92 Å². The van der Waals surface area contributed by atoms with Gasteiger partial charge in [0.1, 0.15) is 5.84 Å². The average Bonchev–Trinajstić information content (AvgIpc) is 2.83. The van der Waals surface area contributed by atoms with Crippen molar-refractivity contribution >= 4 is 44.4 Å². The summed E-state index contributed by atoms with van der Waals surface area (Å²) in [7, 11) is 0. The van der Waals surface area contributed by atoms with Gasteiger partial charge in [-0.05, 0) is 40.2 Å². The van der Waals surface area contributed by atoms with Gasteiger partial charge in [-0.3, -0.25) is 5.41 Å². The number of nitrogens with two attached hydrogens (primary N) is 1. The zero-order valence-corrected chi connectivity index (χ0v) is 12.9. The Bertz CT molecular complexity index is 762. The topological polar surface area (TPSA) is 65.7 Å². The maximum atomic E-state index is 7.44. The van der Waals surface area contributed by atoms with E-state index < -0.39 is 0 Å². The van der Waals surface area contributed by atoms with Crippen LogP contribution in [0.25, 0.3) is 10.9 Å². The summed E-state index contributed by atoms with van der Waals surface area (Å²) >= 11 is 5.18. The van der Waals surface area contributed by atoms with E-state index in [4.69, 9.17) is 11.1 Å². The third-order valence-corrected chi connectivity index (χ3v) is 4.90. The van der Waals surface area contributed by atoms with Crippen molar-refractivity contribution in [3.05, 3.63) is 58.6 Å². The van der Waals surface area contributed by atoms with Gasteiger partial charge < -0.3 is 10.7 Å². The van der Waals surface area contributed by atoms with E-state index in [1.54, 1.807) is 11.8 Å². The van der Waals surface area contributed by atoms with Crippen LogP contribution in [-0.4, -0.2) is 10.8 Å². The lowest BCUT2D eigenvalue weighted by molar-refractivity contribution is 1.23. The SMILES string of the molecule is N=C(N)c1ccc(Sc2cc3ccccc3[nH]2)c(Br)c1. The van der Waals surface area contributed by atoms with Crippen molar-refractivity contribution in [1.82, 2.24) is 4.98 Å². The fourth-order valence-electron chi connectivity index (χ4n) is 1.97. The normalized spacial score (nSPS) is 10.8. The molecule has 100 valence electrons. The van der Waals surface area contributed by atoms with Gasteiger partial charge in [-0.15, -0.1) is 0 Å². The Labute approximate surface area is 129 Å². The third kappa shape index (κ3) is 2.59. The minimum atomic E-state index is 0.0767. The maximum Gasteiger partial charge on any atom is 0.122 e. The standard InChI is InChI=1S/C15H12BrN3S/c16-11-7-10(15(17)18)5-6-13(11)20-14-8-9-3-1-2-4-12(9)19-14/h1-8,19H,(H3,17,18). The lowest BCUT2D eigenvalue weighted by Crippen LogP contribution is -2.10.